The van der Waals surface area contributed by atoms with Crippen LogP contribution in [0.4, 0.5) is 5.82 Å². The molecule has 204 valence electrons. The maximum Gasteiger partial charge on any atom is 0.270 e. The van der Waals surface area contributed by atoms with Crippen molar-refractivity contribution < 1.29 is 4.79 Å². The summed E-state index contributed by atoms with van der Waals surface area (Å²) in [6, 6.07) is 12.8. The molecule has 1 aromatic carbocycles. The van der Waals surface area contributed by atoms with E-state index in [1.54, 1.807) is 9.47 Å². The van der Waals surface area contributed by atoms with Crippen LogP contribution in [0, 0.1) is 18.3 Å². The molecule has 3 fully saturated rings. The lowest BCUT2D eigenvalue weighted by molar-refractivity contribution is -0.123. The number of pyridine rings is 1. The number of carbonyl (C=O) groups is 1. The van der Waals surface area contributed by atoms with Crippen molar-refractivity contribution in [3.8, 4) is 6.07 Å². The van der Waals surface area contributed by atoms with Gasteiger partial charge in [-0.15, -0.1) is 0 Å². The van der Waals surface area contributed by atoms with Crippen LogP contribution in [0.2, 0.25) is 0 Å². The average Bonchev–Trinajstić information content (AvgIpc) is 3.56. The van der Waals surface area contributed by atoms with E-state index < -0.39 is 0 Å². The fourth-order valence-electron chi connectivity index (χ4n) is 5.96. The van der Waals surface area contributed by atoms with E-state index in [9.17, 15) is 14.9 Å². The molecule has 3 heterocycles. The van der Waals surface area contributed by atoms with E-state index in [1.807, 2.05) is 26.0 Å². The SMILES string of the molecule is CCCn1c(N2CCN(Cc3ccccc3)CC2)c(/C=C2/SC(=S)N(C3CCCC3)C2=O)c(C)c(C#N)c1=O. The largest absolute Gasteiger partial charge is 0.355 e. The van der Waals surface area contributed by atoms with Gasteiger partial charge in [0, 0.05) is 50.9 Å². The third-order valence-electron chi connectivity index (χ3n) is 8.00. The first-order valence-corrected chi connectivity index (χ1v) is 15.1. The highest BCUT2D eigenvalue weighted by Gasteiger charge is 2.38. The van der Waals surface area contributed by atoms with Crippen LogP contribution in [0.15, 0.2) is 40.0 Å². The first kappa shape index (κ1) is 27.6. The van der Waals surface area contributed by atoms with E-state index in [1.165, 1.54) is 17.3 Å². The average molecular weight is 562 g/mol. The van der Waals surface area contributed by atoms with Crippen molar-refractivity contribution in [1.29, 1.82) is 5.26 Å². The number of piperazine rings is 1. The first-order chi connectivity index (χ1) is 18.9. The lowest BCUT2D eigenvalue weighted by Crippen LogP contribution is -2.48. The van der Waals surface area contributed by atoms with Gasteiger partial charge in [-0.3, -0.25) is 24.0 Å². The quantitative estimate of drug-likeness (QED) is 0.352. The van der Waals surface area contributed by atoms with Crippen molar-refractivity contribution >= 4 is 46.1 Å². The molecule has 2 aliphatic heterocycles. The summed E-state index contributed by atoms with van der Waals surface area (Å²) >= 11 is 6.98. The third-order valence-corrected chi connectivity index (χ3v) is 9.33. The summed E-state index contributed by atoms with van der Waals surface area (Å²) in [5, 5.41) is 9.93. The maximum absolute atomic E-state index is 13.6. The van der Waals surface area contributed by atoms with Crippen molar-refractivity contribution in [2.45, 2.75) is 65.1 Å². The minimum atomic E-state index is -0.255. The van der Waals surface area contributed by atoms with Gasteiger partial charge in [0.1, 0.15) is 21.8 Å². The summed E-state index contributed by atoms with van der Waals surface area (Å²) in [4.78, 5) is 34.1. The van der Waals surface area contributed by atoms with Gasteiger partial charge in [0.2, 0.25) is 0 Å². The molecule has 1 aliphatic carbocycles. The van der Waals surface area contributed by atoms with E-state index in [4.69, 9.17) is 12.2 Å². The summed E-state index contributed by atoms with van der Waals surface area (Å²) in [7, 11) is 0. The second-order valence-electron chi connectivity index (χ2n) is 10.5. The number of hydrogen-bond donors (Lipinski definition) is 0. The fraction of sp³-hybridized carbons (Fsp3) is 0.467. The molecule has 2 aromatic rings. The number of thiocarbonyl (C=S) groups is 1. The minimum absolute atomic E-state index is 0.0540. The number of nitrogens with zero attached hydrogens (tertiary/aromatic N) is 5. The van der Waals surface area contributed by atoms with Crippen LogP contribution in [0.1, 0.15) is 61.3 Å². The molecule has 0 N–H and O–H groups in total. The number of nitriles is 1. The molecule has 0 atom stereocenters. The molecule has 0 spiro atoms. The number of thioether (sulfide) groups is 1. The van der Waals surface area contributed by atoms with Crippen LogP contribution >= 0.6 is 24.0 Å². The summed E-state index contributed by atoms with van der Waals surface area (Å²) in [6.45, 7) is 8.49. The van der Waals surface area contributed by atoms with Gasteiger partial charge >= 0.3 is 0 Å². The molecule has 1 amide bonds. The predicted molar refractivity (Wildman–Crippen MR) is 162 cm³/mol. The molecule has 0 unspecified atom stereocenters. The standard InChI is InChI=1S/C30H35N5O2S2/c1-3-13-34-27(33-16-14-32(15-17-33)20-22-9-5-4-6-10-22)24(21(2)25(19-31)28(34)36)18-26-29(37)35(30(38)39-26)23-11-7-8-12-23/h4-6,9-10,18,23H,3,7-8,11-17,20H2,1-2H3/b26-18+. The van der Waals surface area contributed by atoms with Crippen molar-refractivity contribution in [2.75, 3.05) is 31.1 Å². The smallest absolute Gasteiger partial charge is 0.270 e. The number of benzene rings is 1. The highest BCUT2D eigenvalue weighted by Crippen LogP contribution is 2.39. The van der Waals surface area contributed by atoms with Crippen LogP contribution in [0.25, 0.3) is 6.08 Å². The summed E-state index contributed by atoms with van der Waals surface area (Å²) in [6.07, 6.45) is 6.86. The van der Waals surface area contributed by atoms with Gasteiger partial charge in [0.25, 0.3) is 11.5 Å². The third kappa shape index (κ3) is 5.56. The zero-order chi connectivity index (χ0) is 27.5. The Labute approximate surface area is 240 Å². The van der Waals surface area contributed by atoms with Crippen molar-refractivity contribution in [3.05, 3.63) is 67.8 Å². The number of carbonyl (C=O) groups excluding carboxylic acids is 1. The highest BCUT2D eigenvalue weighted by atomic mass is 32.2. The molecule has 1 aromatic heterocycles. The van der Waals surface area contributed by atoms with Crippen molar-refractivity contribution in [2.24, 2.45) is 0 Å². The summed E-state index contributed by atoms with van der Waals surface area (Å²) in [5.74, 6) is 0.755. The Kier molecular flexibility index (Phi) is 8.55. The molecule has 5 rings (SSSR count). The fourth-order valence-corrected chi connectivity index (χ4v) is 7.35. The second-order valence-corrected chi connectivity index (χ2v) is 12.2. The maximum atomic E-state index is 13.6. The van der Waals surface area contributed by atoms with Gasteiger partial charge in [0.15, 0.2) is 0 Å². The van der Waals surface area contributed by atoms with Gasteiger partial charge in [-0.2, -0.15) is 5.26 Å². The predicted octanol–water partition coefficient (Wildman–Crippen LogP) is 4.90. The van der Waals surface area contributed by atoms with Gasteiger partial charge in [-0.1, -0.05) is 74.1 Å². The molecule has 1 saturated carbocycles. The number of hydrogen-bond acceptors (Lipinski definition) is 7. The van der Waals surface area contributed by atoms with Gasteiger partial charge in [-0.05, 0) is 43.4 Å². The molecular formula is C30H35N5O2S2. The van der Waals surface area contributed by atoms with Crippen LogP contribution in [0.5, 0.6) is 0 Å². The monoisotopic (exact) mass is 561 g/mol. The van der Waals surface area contributed by atoms with Crippen molar-refractivity contribution in [1.82, 2.24) is 14.4 Å². The zero-order valence-electron chi connectivity index (χ0n) is 22.7. The Morgan fingerprint density at radius 3 is 2.44 bits per heavy atom. The van der Waals surface area contributed by atoms with E-state index in [0.717, 1.165) is 76.2 Å². The second kappa shape index (κ2) is 12.1. The van der Waals surface area contributed by atoms with Crippen LogP contribution in [-0.4, -0.2) is 56.8 Å². The molecule has 0 bridgehead atoms. The Hall–Kier alpha value is -2.93. The Balaban J connectivity index is 1.51. The van der Waals surface area contributed by atoms with E-state index >= 15 is 0 Å². The van der Waals surface area contributed by atoms with Crippen molar-refractivity contribution in [3.63, 3.8) is 0 Å². The normalized spacial score (nSPS) is 19.9. The number of aromatic nitrogens is 1. The highest BCUT2D eigenvalue weighted by molar-refractivity contribution is 8.26. The van der Waals surface area contributed by atoms with E-state index in [0.29, 0.717) is 21.3 Å². The zero-order valence-corrected chi connectivity index (χ0v) is 24.3. The molecule has 9 heteroatoms. The Morgan fingerprint density at radius 1 is 1.10 bits per heavy atom. The van der Waals surface area contributed by atoms with E-state index in [2.05, 4.69) is 40.1 Å². The molecule has 0 radical (unpaired) electrons. The number of amides is 1. The number of rotatable bonds is 7. The summed E-state index contributed by atoms with van der Waals surface area (Å²) < 4.78 is 2.36. The molecule has 39 heavy (non-hydrogen) atoms. The van der Waals surface area contributed by atoms with Crippen LogP contribution < -0.4 is 10.5 Å². The topological polar surface area (TPSA) is 72.6 Å². The Morgan fingerprint density at radius 2 is 1.79 bits per heavy atom. The van der Waals surface area contributed by atoms with Gasteiger partial charge in [0.05, 0.1) is 4.91 Å². The van der Waals surface area contributed by atoms with Gasteiger partial charge < -0.3 is 4.90 Å². The lowest BCUT2D eigenvalue weighted by Gasteiger charge is -2.38. The van der Waals surface area contributed by atoms with Gasteiger partial charge in [-0.25, -0.2) is 0 Å². The van der Waals surface area contributed by atoms with Crippen LogP contribution in [-0.2, 0) is 17.9 Å². The number of anilines is 1. The van der Waals surface area contributed by atoms with Crippen LogP contribution in [0.3, 0.4) is 0 Å². The summed E-state index contributed by atoms with van der Waals surface area (Å²) in [5.41, 5.74) is 2.58. The molecular weight excluding hydrogens is 526 g/mol. The van der Waals surface area contributed by atoms with E-state index in [-0.39, 0.29) is 23.1 Å². The Bertz CT molecular complexity index is 1380. The minimum Gasteiger partial charge on any atom is -0.355 e. The first-order valence-electron chi connectivity index (χ1n) is 13.9. The molecule has 3 aliphatic rings. The lowest BCUT2D eigenvalue weighted by atomic mass is 10.0. The molecule has 7 nitrogen and oxygen atoms in total. The molecule has 2 saturated heterocycles.